The van der Waals surface area contributed by atoms with Gasteiger partial charge in [0.25, 0.3) is 10.0 Å². The summed E-state index contributed by atoms with van der Waals surface area (Å²) in [5.74, 6) is -1.67. The molecule has 0 aliphatic rings. The number of methoxy groups -OCH3 is 1. The Labute approximate surface area is 181 Å². The number of nitrogens with zero attached hydrogens (tertiary/aromatic N) is 1. The Balaban J connectivity index is 2.57. The lowest BCUT2D eigenvalue weighted by Crippen LogP contribution is -2.37. The van der Waals surface area contributed by atoms with E-state index in [0.29, 0.717) is 11.3 Å². The van der Waals surface area contributed by atoms with Crippen molar-refractivity contribution in [2.45, 2.75) is 25.7 Å². The second kappa shape index (κ2) is 10.1. The van der Waals surface area contributed by atoms with Crippen molar-refractivity contribution in [2.75, 3.05) is 29.9 Å². The number of amides is 1. The number of ether oxygens (including phenoxy) is 2. The number of sulfonamides is 1. The monoisotopic (exact) mass is 448 g/mol. The van der Waals surface area contributed by atoms with Crippen LogP contribution in [0.2, 0.25) is 0 Å². The van der Waals surface area contributed by atoms with Gasteiger partial charge in [0.05, 0.1) is 29.9 Å². The molecule has 9 nitrogen and oxygen atoms in total. The number of carbonyl (C=O) groups excluding carboxylic acids is 3. The van der Waals surface area contributed by atoms with Gasteiger partial charge in [-0.2, -0.15) is 0 Å². The van der Waals surface area contributed by atoms with Gasteiger partial charge < -0.3 is 14.8 Å². The van der Waals surface area contributed by atoms with Crippen molar-refractivity contribution < 1.29 is 32.3 Å². The third-order valence-electron chi connectivity index (χ3n) is 4.32. The molecule has 0 aliphatic carbocycles. The van der Waals surface area contributed by atoms with Gasteiger partial charge in [-0.25, -0.2) is 13.2 Å². The maximum atomic E-state index is 13.4. The van der Waals surface area contributed by atoms with Crippen molar-refractivity contribution >= 4 is 39.2 Å². The Kier molecular flexibility index (Phi) is 7.76. The molecule has 2 aromatic rings. The van der Waals surface area contributed by atoms with Crippen LogP contribution in [0, 0.1) is 6.92 Å². The Morgan fingerprint density at radius 2 is 1.71 bits per heavy atom. The van der Waals surface area contributed by atoms with Gasteiger partial charge >= 0.3 is 11.9 Å². The molecule has 2 aromatic carbocycles. The quantitative estimate of drug-likeness (QED) is 0.616. The predicted octanol–water partition coefficient (Wildman–Crippen LogP) is 2.50. The number of rotatable bonds is 8. The zero-order valence-corrected chi connectivity index (χ0v) is 18.5. The van der Waals surface area contributed by atoms with E-state index >= 15 is 0 Å². The van der Waals surface area contributed by atoms with E-state index in [1.54, 1.807) is 13.8 Å². The molecule has 0 spiro atoms. The van der Waals surface area contributed by atoms with Gasteiger partial charge in [-0.1, -0.05) is 6.07 Å². The second-order valence-corrected chi connectivity index (χ2v) is 8.33. The minimum absolute atomic E-state index is 0.0827. The van der Waals surface area contributed by atoms with Crippen LogP contribution in [0.1, 0.15) is 29.8 Å². The van der Waals surface area contributed by atoms with E-state index in [4.69, 9.17) is 9.47 Å². The molecule has 0 saturated heterocycles. The number of hydrogen-bond donors (Lipinski definition) is 1. The molecule has 166 valence electrons. The molecule has 10 heteroatoms. The summed E-state index contributed by atoms with van der Waals surface area (Å²) < 4.78 is 37.4. The summed E-state index contributed by atoms with van der Waals surface area (Å²) >= 11 is 0. The minimum Gasteiger partial charge on any atom is -0.465 e. The molecular formula is C21H24N2O7S. The first-order valence-electron chi connectivity index (χ1n) is 9.35. The lowest BCUT2D eigenvalue weighted by atomic mass is 10.1. The highest BCUT2D eigenvalue weighted by atomic mass is 32.2. The number of anilines is 2. The highest BCUT2D eigenvalue weighted by Crippen LogP contribution is 2.29. The van der Waals surface area contributed by atoms with E-state index < -0.39 is 28.5 Å². The van der Waals surface area contributed by atoms with Crippen molar-refractivity contribution in [1.29, 1.82) is 0 Å². The maximum absolute atomic E-state index is 13.4. The van der Waals surface area contributed by atoms with Crippen molar-refractivity contribution in [3.63, 3.8) is 0 Å². The van der Waals surface area contributed by atoms with Crippen LogP contribution < -0.4 is 9.62 Å². The van der Waals surface area contributed by atoms with E-state index in [0.717, 1.165) is 4.31 Å². The van der Waals surface area contributed by atoms with E-state index in [2.05, 4.69) is 5.32 Å². The molecule has 0 fully saturated rings. The number of carbonyl (C=O) groups is 3. The Morgan fingerprint density at radius 1 is 1.06 bits per heavy atom. The third-order valence-corrected chi connectivity index (χ3v) is 6.09. The van der Waals surface area contributed by atoms with Gasteiger partial charge in [0.1, 0.15) is 6.54 Å². The Morgan fingerprint density at radius 3 is 2.26 bits per heavy atom. The fourth-order valence-corrected chi connectivity index (χ4v) is 4.36. The average molecular weight is 448 g/mol. The first-order chi connectivity index (χ1) is 14.6. The smallest absolute Gasteiger partial charge is 0.338 e. The van der Waals surface area contributed by atoms with E-state index in [-0.39, 0.29) is 28.7 Å². The van der Waals surface area contributed by atoms with Crippen LogP contribution in [-0.2, 0) is 29.1 Å². The molecule has 0 saturated carbocycles. The predicted molar refractivity (Wildman–Crippen MR) is 114 cm³/mol. The average Bonchev–Trinajstić information content (AvgIpc) is 2.72. The molecule has 0 aliphatic heterocycles. The first-order valence-corrected chi connectivity index (χ1v) is 10.8. The summed E-state index contributed by atoms with van der Waals surface area (Å²) in [5.41, 5.74) is 1.07. The topological polar surface area (TPSA) is 119 Å². The summed E-state index contributed by atoms with van der Waals surface area (Å²) in [4.78, 5) is 35.4. The molecule has 31 heavy (non-hydrogen) atoms. The van der Waals surface area contributed by atoms with Crippen LogP contribution in [0.4, 0.5) is 11.4 Å². The summed E-state index contributed by atoms with van der Waals surface area (Å²) in [6.45, 7) is 4.01. The van der Waals surface area contributed by atoms with Crippen LogP contribution in [0.5, 0.6) is 0 Å². The zero-order valence-electron chi connectivity index (χ0n) is 17.7. The molecule has 0 heterocycles. The first kappa shape index (κ1) is 23.9. The summed E-state index contributed by atoms with van der Waals surface area (Å²) in [6, 6.07) is 10.0. The molecular weight excluding hydrogens is 424 g/mol. The molecule has 0 radical (unpaired) electrons. The third kappa shape index (κ3) is 5.60. The normalized spacial score (nSPS) is 10.8. The molecule has 0 bridgehead atoms. The van der Waals surface area contributed by atoms with Gasteiger partial charge in [0, 0.05) is 12.6 Å². The number of hydrogen-bond acceptors (Lipinski definition) is 7. The van der Waals surface area contributed by atoms with Crippen LogP contribution in [0.25, 0.3) is 0 Å². The van der Waals surface area contributed by atoms with Crippen LogP contribution in [-0.4, -0.2) is 46.5 Å². The Hall–Kier alpha value is -3.40. The van der Waals surface area contributed by atoms with Crippen LogP contribution in [0.15, 0.2) is 47.4 Å². The fourth-order valence-electron chi connectivity index (χ4n) is 2.89. The van der Waals surface area contributed by atoms with Crippen molar-refractivity contribution in [1.82, 2.24) is 0 Å². The zero-order chi connectivity index (χ0) is 23.2. The van der Waals surface area contributed by atoms with Crippen LogP contribution in [0.3, 0.4) is 0 Å². The van der Waals surface area contributed by atoms with Crippen molar-refractivity contribution in [3.05, 3.63) is 53.6 Å². The van der Waals surface area contributed by atoms with Gasteiger partial charge in [-0.05, 0) is 55.8 Å². The lowest BCUT2D eigenvalue weighted by molar-refractivity contribution is -0.141. The van der Waals surface area contributed by atoms with Crippen molar-refractivity contribution in [2.24, 2.45) is 0 Å². The minimum atomic E-state index is -4.22. The highest BCUT2D eigenvalue weighted by molar-refractivity contribution is 7.92. The van der Waals surface area contributed by atoms with E-state index in [1.807, 2.05) is 0 Å². The number of nitrogens with one attached hydrogen (secondary N) is 1. The Bertz CT molecular complexity index is 1080. The van der Waals surface area contributed by atoms with Gasteiger partial charge in [0.2, 0.25) is 5.91 Å². The number of benzene rings is 2. The fraction of sp³-hybridized carbons (Fsp3) is 0.286. The molecule has 1 amide bonds. The maximum Gasteiger partial charge on any atom is 0.338 e. The molecule has 1 N–H and O–H groups in total. The van der Waals surface area contributed by atoms with Crippen molar-refractivity contribution in [3.8, 4) is 0 Å². The summed E-state index contributed by atoms with van der Waals surface area (Å²) in [5, 5.41) is 2.56. The SMILES string of the molecule is CCOC(=O)CN(c1cccc(C(=O)OC)c1C)S(=O)(=O)c1ccc(NC(C)=O)cc1. The van der Waals surface area contributed by atoms with E-state index in [1.165, 1.54) is 56.5 Å². The molecule has 0 atom stereocenters. The molecule has 0 aromatic heterocycles. The second-order valence-electron chi connectivity index (χ2n) is 6.46. The largest absolute Gasteiger partial charge is 0.465 e. The van der Waals surface area contributed by atoms with Gasteiger partial charge in [-0.15, -0.1) is 0 Å². The lowest BCUT2D eigenvalue weighted by Gasteiger charge is -2.26. The summed E-state index contributed by atoms with van der Waals surface area (Å²) in [6.07, 6.45) is 0. The molecule has 2 rings (SSSR count). The standard InChI is InChI=1S/C21H24N2O7S/c1-5-30-20(25)13-23(19-8-6-7-18(14(19)2)21(26)29-4)31(27,28)17-11-9-16(10-12-17)22-15(3)24/h6-12H,5,13H2,1-4H3,(H,22,24). The number of esters is 2. The van der Waals surface area contributed by atoms with E-state index in [9.17, 15) is 22.8 Å². The highest BCUT2D eigenvalue weighted by Gasteiger charge is 2.30. The summed E-state index contributed by atoms with van der Waals surface area (Å²) in [7, 11) is -3.00. The molecule has 0 unspecified atom stereocenters. The van der Waals surface area contributed by atoms with Crippen LogP contribution >= 0.6 is 0 Å². The van der Waals surface area contributed by atoms with Gasteiger partial charge in [0.15, 0.2) is 0 Å². The van der Waals surface area contributed by atoms with Gasteiger partial charge in [-0.3, -0.25) is 13.9 Å².